The number of nitrogens with two attached hydrogens (primary N) is 1. The molecule has 0 amide bonds. The minimum Gasteiger partial charge on any atom is -0.330 e. The summed E-state index contributed by atoms with van der Waals surface area (Å²) in [6, 6.07) is 6.18. The number of nitrogens with one attached hydrogen (secondary N) is 1. The molecule has 0 aliphatic carbocycles. The average molecular weight is 224 g/mol. The molecule has 2 rings (SSSR count). The van der Waals surface area contributed by atoms with Crippen molar-refractivity contribution in [1.29, 1.82) is 0 Å². The molecule has 2 aromatic rings. The quantitative estimate of drug-likeness (QED) is 0.783. The molecule has 15 heavy (non-hydrogen) atoms. The van der Waals surface area contributed by atoms with Crippen LogP contribution in [0.3, 0.4) is 0 Å². The number of fused-ring (bicyclic) bond motifs is 1. The van der Waals surface area contributed by atoms with Gasteiger partial charge in [0.15, 0.2) is 0 Å². The third-order valence-electron chi connectivity index (χ3n) is 2.49. The number of nitrogens with zero attached hydrogens (tertiary/aromatic N) is 1. The molecule has 0 saturated heterocycles. The number of aromatic nitrogens is 2. The molecule has 0 spiro atoms. The van der Waals surface area contributed by atoms with Crippen LogP contribution < -0.4 is 5.73 Å². The number of hydrogen-bond acceptors (Lipinski definition) is 2. The lowest BCUT2D eigenvalue weighted by atomic mass is 10.1. The Bertz CT molecular complexity index is 450. The molecule has 0 aliphatic heterocycles. The maximum Gasteiger partial charge on any atom is 0.132 e. The highest BCUT2D eigenvalue weighted by molar-refractivity contribution is 6.34. The lowest BCUT2D eigenvalue weighted by Gasteiger charge is -2.00. The van der Waals surface area contributed by atoms with Crippen LogP contribution in [-0.2, 0) is 6.42 Å². The number of hydrogen-bond donors (Lipinski definition) is 2. The van der Waals surface area contributed by atoms with Crippen molar-refractivity contribution < 1.29 is 0 Å². The van der Waals surface area contributed by atoms with Gasteiger partial charge in [-0.05, 0) is 43.5 Å². The van der Waals surface area contributed by atoms with Gasteiger partial charge in [0.1, 0.15) is 5.15 Å². The van der Waals surface area contributed by atoms with Crippen molar-refractivity contribution in [3.63, 3.8) is 0 Å². The van der Waals surface area contributed by atoms with Crippen molar-refractivity contribution in [3.05, 3.63) is 28.9 Å². The highest BCUT2D eigenvalue weighted by Crippen LogP contribution is 2.22. The topological polar surface area (TPSA) is 54.7 Å². The largest absolute Gasteiger partial charge is 0.330 e. The summed E-state index contributed by atoms with van der Waals surface area (Å²) in [5.41, 5.74) is 7.66. The Morgan fingerprint density at radius 3 is 3.00 bits per heavy atom. The first kappa shape index (κ1) is 10.5. The van der Waals surface area contributed by atoms with E-state index in [1.54, 1.807) is 0 Å². The number of halogens is 1. The van der Waals surface area contributed by atoms with Crippen LogP contribution in [0.2, 0.25) is 5.15 Å². The predicted octanol–water partition coefficient (Wildman–Crippen LogP) is 2.50. The molecule has 0 atom stereocenters. The van der Waals surface area contributed by atoms with Gasteiger partial charge in [-0.15, -0.1) is 0 Å². The first-order valence-electron chi connectivity index (χ1n) is 5.14. The van der Waals surface area contributed by atoms with Crippen LogP contribution in [0.1, 0.15) is 18.4 Å². The second kappa shape index (κ2) is 4.64. The van der Waals surface area contributed by atoms with E-state index in [-0.39, 0.29) is 0 Å². The summed E-state index contributed by atoms with van der Waals surface area (Å²) in [5, 5.41) is 8.46. The maximum absolute atomic E-state index is 5.97. The third kappa shape index (κ3) is 2.30. The van der Waals surface area contributed by atoms with Gasteiger partial charge in [-0.25, -0.2) is 0 Å². The van der Waals surface area contributed by atoms with Crippen LogP contribution in [-0.4, -0.2) is 16.7 Å². The number of benzene rings is 1. The van der Waals surface area contributed by atoms with Crippen LogP contribution >= 0.6 is 11.6 Å². The van der Waals surface area contributed by atoms with E-state index in [1.165, 1.54) is 5.56 Å². The van der Waals surface area contributed by atoms with Crippen LogP contribution in [0.4, 0.5) is 0 Å². The number of aromatic amines is 1. The Kier molecular flexibility index (Phi) is 3.23. The van der Waals surface area contributed by atoms with E-state index in [9.17, 15) is 0 Å². The summed E-state index contributed by atoms with van der Waals surface area (Å²) in [7, 11) is 0. The van der Waals surface area contributed by atoms with Gasteiger partial charge in [0.25, 0.3) is 0 Å². The van der Waals surface area contributed by atoms with Gasteiger partial charge < -0.3 is 5.73 Å². The molecule has 3 nitrogen and oxygen atoms in total. The minimum atomic E-state index is 0.616. The van der Waals surface area contributed by atoms with E-state index >= 15 is 0 Å². The third-order valence-corrected chi connectivity index (χ3v) is 2.78. The smallest absolute Gasteiger partial charge is 0.132 e. The average Bonchev–Trinajstić information content (AvgIpc) is 2.61. The zero-order valence-electron chi connectivity index (χ0n) is 8.46. The zero-order valence-corrected chi connectivity index (χ0v) is 9.22. The fourth-order valence-electron chi connectivity index (χ4n) is 1.65. The van der Waals surface area contributed by atoms with E-state index in [2.05, 4.69) is 22.3 Å². The zero-order chi connectivity index (χ0) is 10.7. The molecule has 3 N–H and O–H groups in total. The Balaban J connectivity index is 2.18. The normalized spacial score (nSPS) is 11.1. The van der Waals surface area contributed by atoms with Crippen LogP contribution in [0, 0.1) is 0 Å². The fourth-order valence-corrected chi connectivity index (χ4v) is 1.85. The lowest BCUT2D eigenvalue weighted by molar-refractivity contribution is 0.745. The second-order valence-corrected chi connectivity index (χ2v) is 4.01. The van der Waals surface area contributed by atoms with E-state index in [0.717, 1.165) is 36.7 Å². The summed E-state index contributed by atoms with van der Waals surface area (Å²) in [6.07, 6.45) is 3.24. The maximum atomic E-state index is 5.97. The van der Waals surface area contributed by atoms with E-state index in [4.69, 9.17) is 17.3 Å². The van der Waals surface area contributed by atoms with Crippen molar-refractivity contribution in [3.8, 4) is 0 Å². The first-order chi connectivity index (χ1) is 7.31. The highest BCUT2D eigenvalue weighted by Gasteiger charge is 2.03. The standard InChI is InChI=1S/C11H14ClN3/c12-11-9-7-8(3-1-2-6-13)4-5-10(9)14-15-11/h4-5,7H,1-3,6,13H2,(H,14,15). The van der Waals surface area contributed by atoms with Gasteiger partial charge in [0, 0.05) is 5.39 Å². The van der Waals surface area contributed by atoms with Gasteiger partial charge in [-0.2, -0.15) is 5.10 Å². The Labute approximate surface area is 93.6 Å². The van der Waals surface area contributed by atoms with E-state index < -0.39 is 0 Å². The van der Waals surface area contributed by atoms with Gasteiger partial charge in [-0.3, -0.25) is 5.10 Å². The summed E-state index contributed by atoms with van der Waals surface area (Å²) in [6.45, 7) is 0.759. The van der Waals surface area contributed by atoms with Crippen molar-refractivity contribution in [2.24, 2.45) is 5.73 Å². The first-order valence-corrected chi connectivity index (χ1v) is 5.51. The molecule has 0 saturated carbocycles. The van der Waals surface area contributed by atoms with Gasteiger partial charge in [0.2, 0.25) is 0 Å². The summed E-state index contributed by atoms with van der Waals surface area (Å²) < 4.78 is 0. The monoisotopic (exact) mass is 223 g/mol. The molecular formula is C11H14ClN3. The predicted molar refractivity (Wildman–Crippen MR) is 63.1 cm³/mol. The van der Waals surface area contributed by atoms with Crippen LogP contribution in [0.15, 0.2) is 18.2 Å². The Hall–Kier alpha value is -1.06. The molecule has 4 heteroatoms. The summed E-state index contributed by atoms with van der Waals surface area (Å²) in [5.74, 6) is 0. The van der Waals surface area contributed by atoms with Gasteiger partial charge >= 0.3 is 0 Å². The molecule has 0 fully saturated rings. The SMILES string of the molecule is NCCCCc1ccc2n[nH]c(Cl)c2c1. The highest BCUT2D eigenvalue weighted by atomic mass is 35.5. The lowest BCUT2D eigenvalue weighted by Crippen LogP contribution is -1.98. The van der Waals surface area contributed by atoms with Crippen molar-refractivity contribution in [2.75, 3.05) is 6.54 Å². The number of rotatable bonds is 4. The fraction of sp³-hybridized carbons (Fsp3) is 0.364. The van der Waals surface area contributed by atoms with Gasteiger partial charge in [-0.1, -0.05) is 17.7 Å². The molecule has 1 heterocycles. The number of unbranched alkanes of at least 4 members (excludes halogenated alkanes) is 1. The van der Waals surface area contributed by atoms with Gasteiger partial charge in [0.05, 0.1) is 5.52 Å². The summed E-state index contributed by atoms with van der Waals surface area (Å²) in [4.78, 5) is 0. The number of aryl methyl sites for hydroxylation is 1. The minimum absolute atomic E-state index is 0.616. The van der Waals surface area contributed by atoms with Crippen molar-refractivity contribution >= 4 is 22.5 Å². The van der Waals surface area contributed by atoms with Crippen LogP contribution in [0.5, 0.6) is 0 Å². The second-order valence-electron chi connectivity index (χ2n) is 3.63. The Morgan fingerprint density at radius 1 is 1.33 bits per heavy atom. The van der Waals surface area contributed by atoms with Crippen LogP contribution in [0.25, 0.3) is 10.9 Å². The Morgan fingerprint density at radius 2 is 2.20 bits per heavy atom. The molecule has 0 aliphatic rings. The molecule has 0 radical (unpaired) electrons. The molecule has 0 bridgehead atoms. The van der Waals surface area contributed by atoms with Crippen molar-refractivity contribution in [1.82, 2.24) is 10.2 Å². The molecule has 1 aromatic carbocycles. The van der Waals surface area contributed by atoms with Crippen molar-refractivity contribution in [2.45, 2.75) is 19.3 Å². The summed E-state index contributed by atoms with van der Waals surface area (Å²) >= 11 is 5.97. The molecule has 80 valence electrons. The molecular weight excluding hydrogens is 210 g/mol. The van der Waals surface area contributed by atoms with E-state index in [0.29, 0.717) is 5.15 Å². The van der Waals surface area contributed by atoms with E-state index in [1.807, 2.05) is 6.07 Å². The molecule has 0 unspecified atom stereocenters. The molecule has 1 aromatic heterocycles. The number of H-pyrrole nitrogens is 1.